The number of nitro groups is 2. The number of aliphatic hydroxyl groups is 2. The molecule has 2 rings (SSSR count). The van der Waals surface area contributed by atoms with E-state index in [1.54, 1.807) is 7.05 Å². The first-order valence-corrected chi connectivity index (χ1v) is 5.86. The van der Waals surface area contributed by atoms with Crippen LogP contribution in [0.25, 0.3) is 0 Å². The zero-order valence-electron chi connectivity index (χ0n) is 11.8. The Hall–Kier alpha value is -2.86. The van der Waals surface area contributed by atoms with Gasteiger partial charge in [-0.15, -0.1) is 4.68 Å². The van der Waals surface area contributed by atoms with Gasteiger partial charge in [0.05, 0.1) is 43.2 Å². The van der Waals surface area contributed by atoms with Gasteiger partial charge in [-0.05, 0) is 9.85 Å². The van der Waals surface area contributed by atoms with Gasteiger partial charge in [-0.1, -0.05) is 5.10 Å². The van der Waals surface area contributed by atoms with Crippen LogP contribution in [0.3, 0.4) is 0 Å². The predicted molar refractivity (Wildman–Crippen MR) is 71.6 cm³/mol. The van der Waals surface area contributed by atoms with Crippen molar-refractivity contribution in [3.05, 3.63) is 43.7 Å². The fraction of sp³-hybridized carbons (Fsp3) is 0.400. The second-order valence-electron chi connectivity index (χ2n) is 4.07. The first kappa shape index (κ1) is 17.2. The Labute approximate surface area is 123 Å². The molecule has 0 amide bonds. The number of hydrogen-bond donors (Lipinski definition) is 2. The summed E-state index contributed by atoms with van der Waals surface area (Å²) < 4.78 is 2.39. The molecule has 0 fully saturated rings. The van der Waals surface area contributed by atoms with Crippen molar-refractivity contribution in [2.45, 2.75) is 13.2 Å². The summed E-state index contributed by atoms with van der Waals surface area (Å²) in [6.07, 6.45) is 0. The minimum absolute atomic E-state index is 0.117. The maximum atomic E-state index is 10.2. The second-order valence-corrected chi connectivity index (χ2v) is 4.07. The largest absolute Gasteiger partial charge is 0.390 e. The SMILES string of the molecule is Cn1nc(CO)cc1[N+](=O)[O-].Cn1nc([N+](=O)[O-])cc1CO. The number of aliphatic hydroxyl groups excluding tert-OH is 2. The molecule has 0 aliphatic heterocycles. The average Bonchev–Trinajstić information content (AvgIpc) is 3.02. The van der Waals surface area contributed by atoms with Gasteiger partial charge < -0.3 is 30.4 Å². The van der Waals surface area contributed by atoms with Crippen molar-refractivity contribution in [3.63, 3.8) is 0 Å². The molecule has 2 aromatic rings. The van der Waals surface area contributed by atoms with Crippen molar-refractivity contribution in [2.24, 2.45) is 14.1 Å². The van der Waals surface area contributed by atoms with Crippen molar-refractivity contribution in [1.82, 2.24) is 19.6 Å². The van der Waals surface area contributed by atoms with Crippen molar-refractivity contribution in [2.75, 3.05) is 0 Å². The summed E-state index contributed by atoms with van der Waals surface area (Å²) in [5.41, 5.74) is 0.732. The highest BCUT2D eigenvalue weighted by Crippen LogP contribution is 2.11. The predicted octanol–water partition coefficient (Wildman–Crippen LogP) is -0.359. The van der Waals surface area contributed by atoms with E-state index < -0.39 is 9.85 Å². The zero-order chi connectivity index (χ0) is 16.9. The van der Waals surface area contributed by atoms with Gasteiger partial charge in [-0.25, -0.2) is 0 Å². The van der Waals surface area contributed by atoms with Crippen LogP contribution in [0.15, 0.2) is 12.1 Å². The number of hydrogen-bond acceptors (Lipinski definition) is 8. The van der Waals surface area contributed by atoms with Crippen molar-refractivity contribution in [1.29, 1.82) is 0 Å². The first-order valence-electron chi connectivity index (χ1n) is 5.86. The molecular weight excluding hydrogens is 300 g/mol. The van der Waals surface area contributed by atoms with Crippen molar-refractivity contribution in [3.8, 4) is 0 Å². The van der Waals surface area contributed by atoms with Crippen molar-refractivity contribution >= 4 is 11.6 Å². The molecule has 22 heavy (non-hydrogen) atoms. The van der Waals surface area contributed by atoms with Crippen LogP contribution in [0.5, 0.6) is 0 Å². The summed E-state index contributed by atoms with van der Waals surface area (Å²) in [4.78, 5) is 19.2. The summed E-state index contributed by atoms with van der Waals surface area (Å²) in [7, 11) is 3.00. The van der Waals surface area contributed by atoms with Gasteiger partial charge in [0.25, 0.3) is 0 Å². The molecule has 0 aliphatic rings. The lowest BCUT2D eigenvalue weighted by Crippen LogP contribution is -1.98. The maximum Gasteiger partial charge on any atom is 0.390 e. The third-order valence-electron chi connectivity index (χ3n) is 2.57. The highest BCUT2D eigenvalue weighted by molar-refractivity contribution is 5.22. The van der Waals surface area contributed by atoms with Crippen molar-refractivity contribution < 1.29 is 20.1 Å². The molecule has 0 aromatic carbocycles. The molecule has 2 N–H and O–H groups in total. The monoisotopic (exact) mass is 314 g/mol. The van der Waals surface area contributed by atoms with Crippen LogP contribution in [0.4, 0.5) is 11.6 Å². The average molecular weight is 314 g/mol. The van der Waals surface area contributed by atoms with E-state index in [0.717, 1.165) is 4.68 Å². The Balaban J connectivity index is 0.000000220. The van der Waals surface area contributed by atoms with Crippen LogP contribution in [0, 0.1) is 20.2 Å². The highest BCUT2D eigenvalue weighted by Gasteiger charge is 2.14. The lowest BCUT2D eigenvalue weighted by molar-refractivity contribution is -0.392. The first-order chi connectivity index (χ1) is 10.3. The molecule has 0 aliphatic carbocycles. The molecule has 0 saturated carbocycles. The number of rotatable bonds is 4. The molecule has 0 spiro atoms. The molecule has 2 aromatic heterocycles. The topological polar surface area (TPSA) is 162 Å². The van der Waals surface area contributed by atoms with E-state index in [1.165, 1.54) is 23.9 Å². The fourth-order valence-corrected chi connectivity index (χ4v) is 1.49. The van der Waals surface area contributed by atoms with Crippen LogP contribution in [0.1, 0.15) is 11.4 Å². The van der Waals surface area contributed by atoms with Gasteiger partial charge in [0.15, 0.2) is 0 Å². The minimum atomic E-state index is -0.598. The Morgan fingerprint density at radius 2 is 1.68 bits per heavy atom. The summed E-state index contributed by atoms with van der Waals surface area (Å²) in [5, 5.41) is 44.7. The highest BCUT2D eigenvalue weighted by atomic mass is 16.6. The van der Waals surface area contributed by atoms with Gasteiger partial charge >= 0.3 is 11.6 Å². The van der Waals surface area contributed by atoms with E-state index in [1.807, 2.05) is 0 Å². The van der Waals surface area contributed by atoms with E-state index in [9.17, 15) is 20.2 Å². The standard InChI is InChI=1S/2C5H7N3O3/c1-7-4(3-9)2-5(6-7)8(10)11;1-7-5(8(10)11)2-4(3-9)6-7/h2*2,9H,3H2,1H3. The van der Waals surface area contributed by atoms with Gasteiger partial charge in [-0.2, -0.15) is 4.68 Å². The van der Waals surface area contributed by atoms with Gasteiger partial charge in [0, 0.05) is 0 Å². The third kappa shape index (κ3) is 4.07. The molecule has 120 valence electrons. The quantitative estimate of drug-likeness (QED) is 0.570. The molecule has 12 nitrogen and oxygen atoms in total. The van der Waals surface area contributed by atoms with Crippen LogP contribution < -0.4 is 0 Å². The number of nitrogens with zero attached hydrogens (tertiary/aromatic N) is 6. The van der Waals surface area contributed by atoms with E-state index in [4.69, 9.17) is 10.2 Å². The minimum Gasteiger partial charge on any atom is -0.390 e. The summed E-state index contributed by atoms with van der Waals surface area (Å²) in [6, 6.07) is 2.47. The summed E-state index contributed by atoms with van der Waals surface area (Å²) >= 11 is 0. The van der Waals surface area contributed by atoms with E-state index in [0.29, 0.717) is 11.4 Å². The van der Waals surface area contributed by atoms with Gasteiger partial charge in [-0.3, -0.25) is 0 Å². The van der Waals surface area contributed by atoms with Gasteiger partial charge in [0.2, 0.25) is 0 Å². The van der Waals surface area contributed by atoms with E-state index in [2.05, 4.69) is 10.2 Å². The Bertz CT molecular complexity index is 678. The number of aromatic nitrogens is 4. The van der Waals surface area contributed by atoms with E-state index >= 15 is 0 Å². The zero-order valence-corrected chi connectivity index (χ0v) is 11.8. The molecular formula is C10H14N6O6. The van der Waals surface area contributed by atoms with Gasteiger partial charge in [0.1, 0.15) is 12.7 Å². The number of aryl methyl sites for hydroxylation is 2. The van der Waals surface area contributed by atoms with Crippen LogP contribution in [-0.4, -0.2) is 39.6 Å². The van der Waals surface area contributed by atoms with Crippen LogP contribution >= 0.6 is 0 Å². The van der Waals surface area contributed by atoms with Crippen LogP contribution in [-0.2, 0) is 27.3 Å². The Morgan fingerprint density at radius 3 is 1.95 bits per heavy atom. The van der Waals surface area contributed by atoms with E-state index in [-0.39, 0.29) is 24.8 Å². The third-order valence-corrected chi connectivity index (χ3v) is 2.57. The lowest BCUT2D eigenvalue weighted by atomic mass is 10.4. The van der Waals surface area contributed by atoms with Crippen LogP contribution in [0.2, 0.25) is 0 Å². The molecule has 12 heteroatoms. The normalized spacial score (nSPS) is 10.0. The Kier molecular flexibility index (Phi) is 5.65. The molecule has 0 atom stereocenters. The smallest absolute Gasteiger partial charge is 0.390 e. The molecule has 0 saturated heterocycles. The molecule has 0 unspecified atom stereocenters. The Morgan fingerprint density at radius 1 is 1.05 bits per heavy atom. The summed E-state index contributed by atoms with van der Waals surface area (Å²) in [5.74, 6) is -0.356. The molecule has 0 bridgehead atoms. The molecule has 0 radical (unpaired) electrons. The second kappa shape index (κ2) is 7.24. The molecule has 2 heterocycles. The lowest BCUT2D eigenvalue weighted by Gasteiger charge is -1.89. The maximum absolute atomic E-state index is 10.2. The fourth-order valence-electron chi connectivity index (χ4n) is 1.49. The summed E-state index contributed by atoms with van der Waals surface area (Å²) in [6.45, 7) is -0.515.